The van der Waals surface area contributed by atoms with Crippen molar-refractivity contribution in [2.75, 3.05) is 20.1 Å². The SMILES string of the molecule is CC1CCNCC1NC(=O)c1ccc(S(=O)(=O)N(C)C(C)C)cc1.Cl. The van der Waals surface area contributed by atoms with Gasteiger partial charge in [0.05, 0.1) is 4.90 Å². The molecule has 0 aromatic heterocycles. The molecule has 1 aliphatic heterocycles. The molecule has 1 heterocycles. The van der Waals surface area contributed by atoms with Crippen LogP contribution in [0.15, 0.2) is 29.2 Å². The Morgan fingerprint density at radius 2 is 1.88 bits per heavy atom. The summed E-state index contributed by atoms with van der Waals surface area (Å²) in [7, 11) is -1.97. The first-order valence-corrected chi connectivity index (χ1v) is 9.77. The Bertz CT molecular complexity index is 677. The summed E-state index contributed by atoms with van der Waals surface area (Å²) in [5.74, 6) is 0.256. The molecule has 0 radical (unpaired) electrons. The lowest BCUT2D eigenvalue weighted by atomic mass is 9.94. The summed E-state index contributed by atoms with van der Waals surface area (Å²) in [6.45, 7) is 7.50. The maximum absolute atomic E-state index is 12.4. The van der Waals surface area contributed by atoms with Crippen LogP contribution in [0.1, 0.15) is 37.6 Å². The van der Waals surface area contributed by atoms with Gasteiger partial charge in [-0.25, -0.2) is 8.42 Å². The zero-order valence-electron chi connectivity index (χ0n) is 15.2. The second kappa shape index (κ2) is 8.98. The quantitative estimate of drug-likeness (QED) is 0.805. The minimum Gasteiger partial charge on any atom is -0.348 e. The number of carbonyl (C=O) groups is 1. The molecule has 1 saturated heterocycles. The molecule has 1 aromatic carbocycles. The topological polar surface area (TPSA) is 78.5 Å². The molecule has 6 nitrogen and oxygen atoms in total. The summed E-state index contributed by atoms with van der Waals surface area (Å²) in [5, 5.41) is 6.30. The molecule has 1 fully saturated rings. The molecular weight excluding hydrogens is 362 g/mol. The van der Waals surface area contributed by atoms with Crippen LogP contribution >= 0.6 is 12.4 Å². The van der Waals surface area contributed by atoms with Gasteiger partial charge in [0, 0.05) is 31.2 Å². The Balaban J connectivity index is 0.00000312. The Morgan fingerprint density at radius 3 is 2.40 bits per heavy atom. The summed E-state index contributed by atoms with van der Waals surface area (Å²) < 4.78 is 26.2. The van der Waals surface area contributed by atoms with E-state index in [-0.39, 0.29) is 35.3 Å². The minimum absolute atomic E-state index is 0. The highest BCUT2D eigenvalue weighted by Crippen LogP contribution is 2.18. The molecule has 1 aromatic rings. The standard InChI is InChI=1S/C17H27N3O3S.ClH/c1-12(2)20(4)24(22,23)15-7-5-14(6-8-15)17(21)19-16-11-18-10-9-13(16)3;/h5-8,12-13,16,18H,9-11H2,1-4H3,(H,19,21);1H. The van der Waals surface area contributed by atoms with Gasteiger partial charge in [0.15, 0.2) is 0 Å². The highest BCUT2D eigenvalue weighted by atomic mass is 35.5. The normalized spacial score (nSPS) is 21.0. The number of rotatable bonds is 5. The maximum atomic E-state index is 12.4. The van der Waals surface area contributed by atoms with Crippen LogP contribution in [0.3, 0.4) is 0 Å². The van der Waals surface area contributed by atoms with Crippen molar-refractivity contribution >= 4 is 28.3 Å². The Morgan fingerprint density at radius 1 is 1.28 bits per heavy atom. The summed E-state index contributed by atoms with van der Waals surface area (Å²) in [6, 6.07) is 6.09. The van der Waals surface area contributed by atoms with Gasteiger partial charge in [-0.05, 0) is 57.0 Å². The molecule has 2 N–H and O–H groups in total. The highest BCUT2D eigenvalue weighted by molar-refractivity contribution is 7.89. The fourth-order valence-electron chi connectivity index (χ4n) is 2.66. The molecule has 142 valence electrons. The van der Waals surface area contributed by atoms with E-state index in [1.54, 1.807) is 19.2 Å². The number of nitrogens with one attached hydrogen (secondary N) is 2. The van der Waals surface area contributed by atoms with Crippen LogP contribution < -0.4 is 10.6 Å². The molecule has 25 heavy (non-hydrogen) atoms. The molecule has 8 heteroatoms. The summed E-state index contributed by atoms with van der Waals surface area (Å²) in [6.07, 6.45) is 1.03. The minimum atomic E-state index is -3.53. The number of sulfonamides is 1. The van der Waals surface area contributed by atoms with E-state index >= 15 is 0 Å². The Labute approximate surface area is 156 Å². The number of hydrogen-bond acceptors (Lipinski definition) is 4. The van der Waals surface area contributed by atoms with Crippen molar-refractivity contribution < 1.29 is 13.2 Å². The van der Waals surface area contributed by atoms with Crippen molar-refractivity contribution in [3.05, 3.63) is 29.8 Å². The van der Waals surface area contributed by atoms with Crippen molar-refractivity contribution in [3.8, 4) is 0 Å². The van der Waals surface area contributed by atoms with Gasteiger partial charge in [-0.2, -0.15) is 4.31 Å². The van der Waals surface area contributed by atoms with Crippen LogP contribution in [0.2, 0.25) is 0 Å². The van der Waals surface area contributed by atoms with Crippen LogP contribution in [0.4, 0.5) is 0 Å². The smallest absolute Gasteiger partial charge is 0.251 e. The van der Waals surface area contributed by atoms with Crippen LogP contribution in [0, 0.1) is 5.92 Å². The van der Waals surface area contributed by atoms with Crippen LogP contribution in [0.25, 0.3) is 0 Å². The second-order valence-electron chi connectivity index (χ2n) is 6.69. The van der Waals surface area contributed by atoms with Gasteiger partial charge in [0.25, 0.3) is 5.91 Å². The summed E-state index contributed by atoms with van der Waals surface area (Å²) in [4.78, 5) is 12.6. The average molecular weight is 390 g/mol. The monoisotopic (exact) mass is 389 g/mol. The third-order valence-electron chi connectivity index (χ3n) is 4.66. The van der Waals surface area contributed by atoms with E-state index in [1.807, 2.05) is 13.8 Å². The number of carbonyl (C=O) groups excluding carboxylic acids is 1. The fourth-order valence-corrected chi connectivity index (χ4v) is 4.02. The molecule has 2 unspecified atom stereocenters. The number of amides is 1. The van der Waals surface area contributed by atoms with Gasteiger partial charge < -0.3 is 10.6 Å². The average Bonchev–Trinajstić information content (AvgIpc) is 2.56. The molecule has 0 bridgehead atoms. The molecular formula is C17H28ClN3O3S. The maximum Gasteiger partial charge on any atom is 0.251 e. The van der Waals surface area contributed by atoms with Gasteiger partial charge in [0.2, 0.25) is 10.0 Å². The van der Waals surface area contributed by atoms with Crippen molar-refractivity contribution in [3.63, 3.8) is 0 Å². The van der Waals surface area contributed by atoms with Gasteiger partial charge in [-0.3, -0.25) is 4.79 Å². The first-order valence-electron chi connectivity index (χ1n) is 8.33. The predicted molar refractivity (Wildman–Crippen MR) is 102 cm³/mol. The van der Waals surface area contributed by atoms with Crippen LogP contribution in [-0.2, 0) is 10.0 Å². The van der Waals surface area contributed by atoms with Gasteiger partial charge in [-0.1, -0.05) is 6.92 Å². The first kappa shape index (κ1) is 21.9. The lowest BCUT2D eigenvalue weighted by Gasteiger charge is -2.30. The molecule has 0 spiro atoms. The van der Waals surface area contributed by atoms with E-state index in [4.69, 9.17) is 0 Å². The van der Waals surface area contributed by atoms with E-state index in [9.17, 15) is 13.2 Å². The zero-order chi connectivity index (χ0) is 17.9. The number of nitrogens with zero attached hydrogens (tertiary/aromatic N) is 1. The van der Waals surface area contributed by atoms with Gasteiger partial charge in [0.1, 0.15) is 0 Å². The van der Waals surface area contributed by atoms with Crippen LogP contribution in [0.5, 0.6) is 0 Å². The van der Waals surface area contributed by atoms with Crippen LogP contribution in [-0.4, -0.2) is 50.9 Å². The first-order chi connectivity index (χ1) is 11.2. The van der Waals surface area contributed by atoms with Crippen molar-refractivity contribution in [1.82, 2.24) is 14.9 Å². The third kappa shape index (κ3) is 5.17. The predicted octanol–water partition coefficient (Wildman–Crippen LogP) is 1.87. The summed E-state index contributed by atoms with van der Waals surface area (Å²) >= 11 is 0. The highest BCUT2D eigenvalue weighted by Gasteiger charge is 2.25. The number of halogens is 1. The molecule has 0 saturated carbocycles. The molecule has 2 rings (SSSR count). The van der Waals surface area contributed by atoms with E-state index in [2.05, 4.69) is 17.6 Å². The molecule has 2 atom stereocenters. The van der Waals surface area contributed by atoms with E-state index < -0.39 is 10.0 Å². The number of piperidine rings is 1. The van der Waals surface area contributed by atoms with Gasteiger partial charge >= 0.3 is 0 Å². The van der Waals surface area contributed by atoms with E-state index in [0.717, 1.165) is 19.5 Å². The third-order valence-corrected chi connectivity index (χ3v) is 6.71. The Hall–Kier alpha value is -1.15. The van der Waals surface area contributed by atoms with Crippen molar-refractivity contribution in [2.24, 2.45) is 5.92 Å². The van der Waals surface area contributed by atoms with E-state index in [0.29, 0.717) is 11.5 Å². The lowest BCUT2D eigenvalue weighted by Crippen LogP contribution is -2.50. The van der Waals surface area contributed by atoms with Gasteiger partial charge in [-0.15, -0.1) is 12.4 Å². The molecule has 0 aliphatic carbocycles. The Kier molecular flexibility index (Phi) is 7.87. The largest absolute Gasteiger partial charge is 0.348 e. The second-order valence-corrected chi connectivity index (χ2v) is 8.69. The number of benzene rings is 1. The number of hydrogen-bond donors (Lipinski definition) is 2. The lowest BCUT2D eigenvalue weighted by molar-refractivity contribution is 0.0915. The van der Waals surface area contributed by atoms with Crippen molar-refractivity contribution in [2.45, 2.75) is 44.2 Å². The zero-order valence-corrected chi connectivity index (χ0v) is 16.8. The fraction of sp³-hybridized carbons (Fsp3) is 0.588. The van der Waals surface area contributed by atoms with Crippen molar-refractivity contribution in [1.29, 1.82) is 0 Å². The molecule has 1 aliphatic rings. The van der Waals surface area contributed by atoms with E-state index in [1.165, 1.54) is 16.4 Å². The molecule has 1 amide bonds. The summed E-state index contributed by atoms with van der Waals surface area (Å²) in [5.41, 5.74) is 0.471.